The number of rotatable bonds is 14. The molecule has 1 N–H and O–H groups in total. The number of carbonyl (C=O) groups excluding carboxylic acids is 1. The van der Waals surface area contributed by atoms with Gasteiger partial charge >= 0.3 is 5.97 Å². The Morgan fingerprint density at radius 1 is 0.933 bits per heavy atom. The summed E-state index contributed by atoms with van der Waals surface area (Å²) in [5, 5.41) is 3.97. The summed E-state index contributed by atoms with van der Waals surface area (Å²) in [5.41, 5.74) is 3.33. The van der Waals surface area contributed by atoms with Crippen molar-refractivity contribution in [2.24, 2.45) is 56.7 Å². The van der Waals surface area contributed by atoms with Gasteiger partial charge in [-0.05, 0) is 153 Å². The molecule has 0 spiro atoms. The Bertz CT molecular complexity index is 1930. The van der Waals surface area contributed by atoms with Gasteiger partial charge in [0.1, 0.15) is 6.67 Å². The molecule has 0 amide bonds. The quantitative estimate of drug-likeness (QED) is 0.105. The molecular formula is C49H79FN2O6S2. The lowest BCUT2D eigenvalue weighted by Crippen LogP contribution is -2.68. The highest BCUT2D eigenvalue weighted by Gasteiger charge is 2.70. The van der Waals surface area contributed by atoms with Gasteiger partial charge in [0.2, 0.25) is 0 Å². The highest BCUT2D eigenvalue weighted by Crippen LogP contribution is 2.76. The molecule has 0 aromatic rings. The maximum absolute atomic E-state index is 14.6. The van der Waals surface area contributed by atoms with Crippen LogP contribution in [0.4, 0.5) is 4.39 Å². The van der Waals surface area contributed by atoms with Gasteiger partial charge in [0.05, 0.1) is 35.0 Å². The third-order valence-corrected chi connectivity index (χ3v) is 22.3. The van der Waals surface area contributed by atoms with Crippen LogP contribution in [-0.4, -0.2) is 95.7 Å². The number of hydrogen-bond acceptors (Lipinski definition) is 8. The molecule has 1 aliphatic heterocycles. The predicted molar refractivity (Wildman–Crippen MR) is 241 cm³/mol. The minimum atomic E-state index is -3.30. The molecule has 6 aliphatic carbocycles. The number of nitrogens with zero attached hydrogens (tertiary/aromatic N) is 1. The van der Waals surface area contributed by atoms with Gasteiger partial charge in [-0.1, -0.05) is 72.3 Å². The summed E-state index contributed by atoms with van der Waals surface area (Å²) in [5.74, 6) is 2.56. The molecule has 8 nitrogen and oxygen atoms in total. The first-order chi connectivity index (χ1) is 28.1. The first kappa shape index (κ1) is 46.4. The minimum Gasteiger partial charge on any atom is -0.465 e. The van der Waals surface area contributed by atoms with E-state index in [1.54, 1.807) is 0 Å². The first-order valence-corrected chi connectivity index (χ1v) is 27.4. The number of esters is 1. The van der Waals surface area contributed by atoms with Crippen LogP contribution in [0.1, 0.15) is 138 Å². The second-order valence-electron chi connectivity index (χ2n) is 22.3. The summed E-state index contributed by atoms with van der Waals surface area (Å²) in [7, 11) is -6.30. The summed E-state index contributed by atoms with van der Waals surface area (Å²) >= 11 is 0. The molecule has 7 aliphatic rings. The number of allylic oxidation sites excluding steroid dienone is 5. The average molecular weight is 875 g/mol. The molecule has 7 rings (SSSR count). The van der Waals surface area contributed by atoms with E-state index < -0.39 is 31.8 Å². The summed E-state index contributed by atoms with van der Waals surface area (Å²) < 4.78 is 70.6. The van der Waals surface area contributed by atoms with Crippen LogP contribution in [0.5, 0.6) is 0 Å². The highest BCUT2D eigenvalue weighted by atomic mass is 32.2. The standard InChI is InChI=1S/C49H79FN2O6S2/c1-9-10-29-58-43(53)48(34-50)20-13-36(14-21-48)38-16-18-45(6)40(44(38,4)5)17-19-47(8)41(45)12-11-39-42-37(35(2)3)15-22-49(42,24-23-46(39,47)7)51-25-30-59(54,55)31-26-52-27-32-60(56,57)33-28-52/h13,16,37,39-42,51H,2,9-12,14-15,17-34H2,1,3-8H3/t37-,39+,40-,41+,42+,45-,46+,47+,48-,49-/m0/s1. The van der Waals surface area contributed by atoms with E-state index in [4.69, 9.17) is 4.74 Å². The lowest BCUT2D eigenvalue weighted by molar-refractivity contribution is -0.221. The van der Waals surface area contributed by atoms with Gasteiger partial charge in [0.15, 0.2) is 19.7 Å². The molecule has 340 valence electrons. The Morgan fingerprint density at radius 3 is 2.32 bits per heavy atom. The fraction of sp³-hybridized carbons (Fsp3) is 0.857. The van der Waals surface area contributed by atoms with Gasteiger partial charge in [0, 0.05) is 31.7 Å². The maximum Gasteiger partial charge on any atom is 0.315 e. The Hall–Kier alpha value is -1.56. The van der Waals surface area contributed by atoms with Crippen molar-refractivity contribution in [3.05, 3.63) is 35.5 Å². The fourth-order valence-electron chi connectivity index (χ4n) is 15.4. The Kier molecular flexibility index (Phi) is 13.0. The van der Waals surface area contributed by atoms with Crippen LogP contribution in [0.3, 0.4) is 0 Å². The third kappa shape index (κ3) is 7.98. The van der Waals surface area contributed by atoms with Gasteiger partial charge < -0.3 is 15.0 Å². The van der Waals surface area contributed by atoms with E-state index in [1.807, 2.05) is 4.90 Å². The summed E-state index contributed by atoms with van der Waals surface area (Å²) in [6.45, 7) is 23.1. The topological polar surface area (TPSA) is 110 Å². The zero-order valence-corrected chi connectivity index (χ0v) is 39.9. The molecule has 10 atom stereocenters. The second-order valence-corrected chi connectivity index (χ2v) is 26.9. The Balaban J connectivity index is 1.07. The maximum atomic E-state index is 14.6. The molecule has 0 unspecified atom stereocenters. The number of unbranched alkanes of at least 4 members (excludes halogenated alkanes) is 1. The van der Waals surface area contributed by atoms with E-state index in [9.17, 15) is 26.0 Å². The van der Waals surface area contributed by atoms with Gasteiger partial charge in [0.25, 0.3) is 0 Å². The number of carbonyl (C=O) groups is 1. The van der Waals surface area contributed by atoms with Crippen molar-refractivity contribution in [3.8, 4) is 0 Å². The number of nitrogens with one attached hydrogen (secondary N) is 1. The first-order valence-electron chi connectivity index (χ1n) is 23.8. The number of hydrogen-bond donors (Lipinski definition) is 1. The van der Waals surface area contributed by atoms with E-state index in [0.29, 0.717) is 81.6 Å². The number of halogens is 1. The highest BCUT2D eigenvalue weighted by molar-refractivity contribution is 7.91. The molecule has 0 radical (unpaired) electrons. The molecule has 5 fully saturated rings. The van der Waals surface area contributed by atoms with E-state index in [2.05, 4.69) is 72.5 Å². The molecular weight excluding hydrogens is 796 g/mol. The van der Waals surface area contributed by atoms with Crippen molar-refractivity contribution < 1.29 is 30.8 Å². The zero-order valence-electron chi connectivity index (χ0n) is 38.3. The van der Waals surface area contributed by atoms with Crippen LogP contribution in [0, 0.1) is 56.7 Å². The van der Waals surface area contributed by atoms with Gasteiger partial charge in [-0.3, -0.25) is 4.79 Å². The van der Waals surface area contributed by atoms with Crippen molar-refractivity contribution in [3.63, 3.8) is 0 Å². The molecule has 60 heavy (non-hydrogen) atoms. The minimum absolute atomic E-state index is 0.0355. The number of fused-ring (bicyclic) bond motifs is 7. The second kappa shape index (κ2) is 16.8. The lowest BCUT2D eigenvalue weighted by Gasteiger charge is -2.72. The van der Waals surface area contributed by atoms with Crippen LogP contribution in [0.2, 0.25) is 0 Å². The molecule has 0 bridgehead atoms. The largest absolute Gasteiger partial charge is 0.465 e. The summed E-state index contributed by atoms with van der Waals surface area (Å²) in [6, 6.07) is 0. The van der Waals surface area contributed by atoms with Crippen molar-refractivity contribution in [1.82, 2.24) is 10.2 Å². The molecule has 4 saturated carbocycles. The Labute approximate surface area is 363 Å². The average Bonchev–Trinajstić information content (AvgIpc) is 3.58. The van der Waals surface area contributed by atoms with Crippen LogP contribution in [0.25, 0.3) is 0 Å². The summed E-state index contributed by atoms with van der Waals surface area (Å²) in [6.07, 6.45) is 18.4. The molecule has 1 heterocycles. The summed E-state index contributed by atoms with van der Waals surface area (Å²) in [4.78, 5) is 15.1. The van der Waals surface area contributed by atoms with Crippen LogP contribution < -0.4 is 5.32 Å². The van der Waals surface area contributed by atoms with E-state index in [1.165, 1.54) is 42.4 Å². The smallest absolute Gasteiger partial charge is 0.315 e. The monoisotopic (exact) mass is 875 g/mol. The van der Waals surface area contributed by atoms with Crippen molar-refractivity contribution in [2.75, 3.05) is 62.5 Å². The normalized spacial score (nSPS) is 41.2. The van der Waals surface area contributed by atoms with Gasteiger partial charge in [-0.2, -0.15) is 0 Å². The number of sulfone groups is 2. The van der Waals surface area contributed by atoms with Gasteiger partial charge in [-0.25, -0.2) is 21.2 Å². The third-order valence-electron chi connectivity index (χ3n) is 19.1. The van der Waals surface area contributed by atoms with Crippen molar-refractivity contribution in [1.29, 1.82) is 0 Å². The SMILES string of the molecule is C=C(C)[C@@H]1CC[C@]2(NCCS(=O)(=O)CCN3CCS(=O)(=O)CC3)CC[C@]3(C)[C@H](CC[C@@H]4[C@@]5(C)CC=C(C6=CC[C@](CF)(C(=O)OCCCC)CC6)C(C)(C)[C@@H]5CC[C@]43C)[C@@H]12. The number of ether oxygens (including phenoxy) is 1. The predicted octanol–water partition coefficient (Wildman–Crippen LogP) is 9.08. The number of alkyl halides is 1. The fourth-order valence-corrected chi connectivity index (χ4v) is 17.8. The van der Waals surface area contributed by atoms with Crippen molar-refractivity contribution in [2.45, 2.75) is 144 Å². The van der Waals surface area contributed by atoms with Crippen LogP contribution in [0.15, 0.2) is 35.5 Å². The lowest BCUT2D eigenvalue weighted by atomic mass is 9.33. The molecule has 11 heteroatoms. The van der Waals surface area contributed by atoms with Gasteiger partial charge in [-0.15, -0.1) is 0 Å². The van der Waals surface area contributed by atoms with E-state index >= 15 is 0 Å². The van der Waals surface area contributed by atoms with Crippen molar-refractivity contribution >= 4 is 25.6 Å². The van der Waals surface area contributed by atoms with E-state index in [0.717, 1.165) is 44.9 Å². The molecule has 0 aromatic carbocycles. The zero-order chi connectivity index (χ0) is 43.6. The van der Waals surface area contributed by atoms with Crippen LogP contribution >= 0.6 is 0 Å². The van der Waals surface area contributed by atoms with Crippen LogP contribution in [-0.2, 0) is 29.2 Å². The molecule has 0 aromatic heterocycles. The Morgan fingerprint density at radius 2 is 1.67 bits per heavy atom. The molecule has 1 saturated heterocycles. The van der Waals surface area contributed by atoms with E-state index in [-0.39, 0.29) is 56.2 Å².